The van der Waals surface area contributed by atoms with Crippen LogP contribution in [0, 0.1) is 6.92 Å². The Balaban J connectivity index is 1.90. The monoisotopic (exact) mass is 360 g/mol. The van der Waals surface area contributed by atoms with E-state index in [9.17, 15) is 4.79 Å². The lowest BCUT2D eigenvalue weighted by atomic mass is 10.1. The Morgan fingerprint density at radius 2 is 2.00 bits per heavy atom. The van der Waals surface area contributed by atoms with Crippen LogP contribution in [0.1, 0.15) is 42.6 Å². The minimum atomic E-state index is -0.486. The topological polar surface area (TPSA) is 51.2 Å². The molecule has 0 aliphatic carbocycles. The molecule has 0 amide bonds. The van der Waals surface area contributed by atoms with Crippen molar-refractivity contribution in [1.82, 2.24) is 10.3 Å². The molecule has 136 valence electrons. The molecular weight excluding hydrogens is 332 g/mol. The van der Waals surface area contributed by atoms with Gasteiger partial charge in [-0.2, -0.15) is 0 Å². The lowest BCUT2D eigenvalue weighted by molar-refractivity contribution is -0.157. The van der Waals surface area contributed by atoms with Gasteiger partial charge in [-0.15, -0.1) is 11.3 Å². The first-order valence-electron chi connectivity index (χ1n) is 8.75. The van der Waals surface area contributed by atoms with Gasteiger partial charge in [0.25, 0.3) is 0 Å². The second-order valence-electron chi connectivity index (χ2n) is 7.20. The van der Waals surface area contributed by atoms with Gasteiger partial charge in [-0.1, -0.05) is 30.3 Å². The Morgan fingerprint density at radius 3 is 2.60 bits per heavy atom. The van der Waals surface area contributed by atoms with Crippen LogP contribution in [0.2, 0.25) is 0 Å². The van der Waals surface area contributed by atoms with Crippen LogP contribution in [0.3, 0.4) is 0 Å². The van der Waals surface area contributed by atoms with Gasteiger partial charge in [0.05, 0.1) is 5.01 Å². The van der Waals surface area contributed by atoms with Crippen molar-refractivity contribution in [2.75, 3.05) is 6.54 Å². The van der Waals surface area contributed by atoms with Gasteiger partial charge in [0.15, 0.2) is 0 Å². The molecule has 25 heavy (non-hydrogen) atoms. The van der Waals surface area contributed by atoms with Gasteiger partial charge in [-0.05, 0) is 52.6 Å². The minimum absolute atomic E-state index is 0.208. The Bertz CT molecular complexity index is 662. The van der Waals surface area contributed by atoms with Gasteiger partial charge in [-0.3, -0.25) is 4.79 Å². The number of hydrogen-bond acceptors (Lipinski definition) is 5. The lowest BCUT2D eigenvalue weighted by Crippen LogP contribution is -2.43. The summed E-state index contributed by atoms with van der Waals surface area (Å²) in [6, 6.07) is 10.0. The number of nitrogens with zero attached hydrogens (tertiary/aromatic N) is 1. The largest absolute Gasteiger partial charge is 0.459 e. The third-order valence-electron chi connectivity index (χ3n) is 3.61. The van der Waals surface area contributed by atoms with E-state index >= 15 is 0 Å². The maximum Gasteiger partial charge on any atom is 0.324 e. The second kappa shape index (κ2) is 9.11. The molecule has 0 aliphatic heterocycles. The SMILES string of the molecule is Cc1cnc(CC(NCCCc2ccccc2)C(=O)OC(C)(C)C)s1. The summed E-state index contributed by atoms with van der Waals surface area (Å²) in [4.78, 5) is 18.1. The quantitative estimate of drug-likeness (QED) is 0.572. The molecule has 2 rings (SSSR count). The fraction of sp³-hybridized carbons (Fsp3) is 0.500. The van der Waals surface area contributed by atoms with Gasteiger partial charge in [0.1, 0.15) is 11.6 Å². The van der Waals surface area contributed by atoms with Crippen LogP contribution in [0.4, 0.5) is 0 Å². The number of hydrogen-bond donors (Lipinski definition) is 1. The van der Waals surface area contributed by atoms with Crippen molar-refractivity contribution >= 4 is 17.3 Å². The van der Waals surface area contributed by atoms with Crippen LogP contribution in [-0.2, 0) is 22.4 Å². The van der Waals surface area contributed by atoms with Crippen LogP contribution in [0.5, 0.6) is 0 Å². The van der Waals surface area contributed by atoms with Crippen molar-refractivity contribution in [2.24, 2.45) is 0 Å². The molecule has 0 bridgehead atoms. The highest BCUT2D eigenvalue weighted by atomic mass is 32.1. The second-order valence-corrected chi connectivity index (χ2v) is 8.52. The van der Waals surface area contributed by atoms with E-state index in [2.05, 4.69) is 34.6 Å². The lowest BCUT2D eigenvalue weighted by Gasteiger charge is -2.24. The number of esters is 1. The first kappa shape index (κ1) is 19.6. The van der Waals surface area contributed by atoms with E-state index in [1.807, 2.05) is 40.0 Å². The number of aromatic nitrogens is 1. The molecule has 0 fully saturated rings. The van der Waals surface area contributed by atoms with Crippen LogP contribution in [0.25, 0.3) is 0 Å². The molecule has 0 saturated heterocycles. The normalized spacial score (nSPS) is 12.8. The number of aryl methyl sites for hydroxylation is 2. The third-order valence-corrected chi connectivity index (χ3v) is 4.55. The van der Waals surface area contributed by atoms with E-state index in [1.165, 1.54) is 5.56 Å². The number of rotatable bonds is 8. The molecular formula is C20H28N2O2S. The number of carbonyl (C=O) groups is 1. The first-order chi connectivity index (χ1) is 11.8. The average Bonchev–Trinajstić information content (AvgIpc) is 2.95. The summed E-state index contributed by atoms with van der Waals surface area (Å²) >= 11 is 1.63. The number of benzene rings is 1. The van der Waals surface area contributed by atoms with Crippen LogP contribution < -0.4 is 5.32 Å². The summed E-state index contributed by atoms with van der Waals surface area (Å²) in [5.41, 5.74) is 0.827. The van der Waals surface area contributed by atoms with Crippen LogP contribution in [-0.4, -0.2) is 29.1 Å². The highest BCUT2D eigenvalue weighted by Gasteiger charge is 2.25. The van der Waals surface area contributed by atoms with Gasteiger partial charge >= 0.3 is 5.97 Å². The summed E-state index contributed by atoms with van der Waals surface area (Å²) in [7, 11) is 0. The molecule has 0 saturated carbocycles. The molecule has 0 aliphatic rings. The zero-order chi connectivity index (χ0) is 18.3. The number of carbonyl (C=O) groups excluding carboxylic acids is 1. The van der Waals surface area contributed by atoms with Crippen molar-refractivity contribution in [3.63, 3.8) is 0 Å². The molecule has 4 nitrogen and oxygen atoms in total. The molecule has 1 N–H and O–H groups in total. The molecule has 1 atom stereocenters. The molecule has 5 heteroatoms. The van der Waals surface area contributed by atoms with E-state index in [4.69, 9.17) is 4.74 Å². The predicted octanol–water partition coefficient (Wildman–Crippen LogP) is 3.93. The zero-order valence-electron chi connectivity index (χ0n) is 15.5. The van der Waals surface area contributed by atoms with Crippen LogP contribution in [0.15, 0.2) is 36.5 Å². The van der Waals surface area contributed by atoms with E-state index < -0.39 is 5.60 Å². The Hall–Kier alpha value is -1.72. The molecule has 1 unspecified atom stereocenters. The molecule has 0 spiro atoms. The molecule has 2 aromatic rings. The van der Waals surface area contributed by atoms with Gasteiger partial charge in [0.2, 0.25) is 0 Å². The minimum Gasteiger partial charge on any atom is -0.459 e. The summed E-state index contributed by atoms with van der Waals surface area (Å²) in [6.45, 7) is 8.47. The fourth-order valence-corrected chi connectivity index (χ4v) is 3.33. The Labute approximate surface area is 154 Å². The maximum atomic E-state index is 12.5. The summed E-state index contributed by atoms with van der Waals surface area (Å²) in [5, 5.41) is 4.32. The van der Waals surface area contributed by atoms with E-state index in [0.717, 1.165) is 29.3 Å². The van der Waals surface area contributed by atoms with Crippen molar-refractivity contribution < 1.29 is 9.53 Å². The molecule has 1 aromatic heterocycles. The molecule has 1 heterocycles. The van der Waals surface area contributed by atoms with Crippen molar-refractivity contribution in [1.29, 1.82) is 0 Å². The fourth-order valence-electron chi connectivity index (χ4n) is 2.50. The predicted molar refractivity (Wildman–Crippen MR) is 103 cm³/mol. The standard InChI is InChI=1S/C20H28N2O2S/c1-15-14-22-18(25-15)13-17(19(23)24-20(2,3)4)21-12-8-11-16-9-6-5-7-10-16/h5-7,9-10,14,17,21H,8,11-13H2,1-4H3. The summed E-state index contributed by atoms with van der Waals surface area (Å²) in [6.07, 6.45) is 4.38. The number of thiazole rings is 1. The Morgan fingerprint density at radius 1 is 1.28 bits per heavy atom. The first-order valence-corrected chi connectivity index (χ1v) is 9.56. The van der Waals surface area contributed by atoms with Crippen molar-refractivity contribution in [3.05, 3.63) is 52.0 Å². The van der Waals surface area contributed by atoms with Gasteiger partial charge in [0, 0.05) is 17.5 Å². The smallest absolute Gasteiger partial charge is 0.324 e. The highest BCUT2D eigenvalue weighted by Crippen LogP contribution is 2.16. The maximum absolute atomic E-state index is 12.5. The van der Waals surface area contributed by atoms with E-state index in [-0.39, 0.29) is 12.0 Å². The van der Waals surface area contributed by atoms with E-state index in [0.29, 0.717) is 6.42 Å². The number of nitrogens with one attached hydrogen (secondary N) is 1. The molecule has 1 aromatic carbocycles. The molecule has 0 radical (unpaired) electrons. The summed E-state index contributed by atoms with van der Waals surface area (Å²) < 4.78 is 5.57. The highest BCUT2D eigenvalue weighted by molar-refractivity contribution is 7.11. The van der Waals surface area contributed by atoms with E-state index in [1.54, 1.807) is 11.3 Å². The van der Waals surface area contributed by atoms with Crippen LogP contribution >= 0.6 is 11.3 Å². The third kappa shape index (κ3) is 7.36. The number of ether oxygens (including phenoxy) is 1. The van der Waals surface area contributed by atoms with Crippen molar-refractivity contribution in [3.8, 4) is 0 Å². The summed E-state index contributed by atoms with van der Waals surface area (Å²) in [5.74, 6) is -0.208. The van der Waals surface area contributed by atoms with Gasteiger partial charge < -0.3 is 10.1 Å². The van der Waals surface area contributed by atoms with Gasteiger partial charge in [-0.25, -0.2) is 4.98 Å². The van der Waals surface area contributed by atoms with Crippen molar-refractivity contribution in [2.45, 2.75) is 58.6 Å². The Kier molecular flexibility index (Phi) is 7.14. The average molecular weight is 361 g/mol. The zero-order valence-corrected chi connectivity index (χ0v) is 16.4.